The Labute approximate surface area is 122 Å². The average molecular weight is 288 g/mol. The zero-order valence-corrected chi connectivity index (χ0v) is 13.3. The molecule has 0 aromatic rings. The summed E-state index contributed by atoms with van der Waals surface area (Å²) in [5, 5.41) is 0. The van der Waals surface area contributed by atoms with Crippen LogP contribution < -0.4 is 0 Å². The maximum Gasteiger partial charge on any atom is 0.465 e. The second kappa shape index (κ2) is 7.03. The molecule has 0 aromatic heterocycles. The highest BCUT2D eigenvalue weighted by Gasteiger charge is 2.53. The highest BCUT2D eigenvalue weighted by molar-refractivity contribution is 6.48. The molecule has 0 amide bonds. The van der Waals surface area contributed by atoms with Gasteiger partial charge in [-0.2, -0.15) is 8.78 Å². The molecule has 1 aliphatic rings. The van der Waals surface area contributed by atoms with Crippen LogP contribution in [0.3, 0.4) is 0 Å². The van der Waals surface area contributed by atoms with Gasteiger partial charge in [-0.1, -0.05) is 32.6 Å². The van der Waals surface area contributed by atoms with E-state index in [9.17, 15) is 8.78 Å². The van der Waals surface area contributed by atoms with E-state index in [1.165, 1.54) is 0 Å². The van der Waals surface area contributed by atoms with Crippen LogP contribution in [-0.2, 0) is 9.31 Å². The molecule has 0 radical (unpaired) electrons. The minimum absolute atomic E-state index is 0.377. The van der Waals surface area contributed by atoms with Gasteiger partial charge in [0.15, 0.2) is 0 Å². The molecule has 0 aromatic carbocycles. The van der Waals surface area contributed by atoms with Gasteiger partial charge < -0.3 is 9.31 Å². The fraction of sp³-hybridized carbons (Fsp3) is 0.867. The molecule has 0 N–H and O–H groups in total. The maximum atomic E-state index is 12.6. The Bertz CT molecular complexity index is 323. The Morgan fingerprint density at radius 3 is 2.05 bits per heavy atom. The lowest BCUT2D eigenvalue weighted by Gasteiger charge is -2.32. The molecule has 2 nitrogen and oxygen atoms in total. The van der Waals surface area contributed by atoms with Crippen LogP contribution in [0.25, 0.3) is 0 Å². The Hall–Kier alpha value is -0.415. The SMILES string of the molecule is CCCCCC[C@H](C=C(F)F)B1OC(C)(C)C(C)(C)O1. The molecule has 0 saturated carbocycles. The van der Waals surface area contributed by atoms with E-state index in [1.54, 1.807) is 0 Å². The van der Waals surface area contributed by atoms with Gasteiger partial charge >= 0.3 is 7.12 Å². The molecule has 1 aliphatic heterocycles. The summed E-state index contributed by atoms with van der Waals surface area (Å²) in [4.78, 5) is 0. The smallest absolute Gasteiger partial charge is 0.403 e. The van der Waals surface area contributed by atoms with Crippen molar-refractivity contribution in [3.8, 4) is 0 Å². The summed E-state index contributed by atoms with van der Waals surface area (Å²) in [6.07, 6.45) is 4.27. The highest BCUT2D eigenvalue weighted by atomic mass is 19.3. The molecule has 0 spiro atoms. The van der Waals surface area contributed by atoms with E-state index >= 15 is 0 Å². The van der Waals surface area contributed by atoms with Crippen molar-refractivity contribution in [3.63, 3.8) is 0 Å². The molecule has 5 heteroatoms. The maximum absolute atomic E-state index is 12.6. The summed E-state index contributed by atoms with van der Waals surface area (Å²) in [6.45, 7) is 9.90. The molecule has 1 rings (SSSR count). The quantitative estimate of drug-likeness (QED) is 0.473. The lowest BCUT2D eigenvalue weighted by atomic mass is 9.69. The highest BCUT2D eigenvalue weighted by Crippen LogP contribution is 2.41. The van der Waals surface area contributed by atoms with E-state index < -0.39 is 24.4 Å². The molecule has 1 atom stereocenters. The largest absolute Gasteiger partial charge is 0.465 e. The summed E-state index contributed by atoms with van der Waals surface area (Å²) in [5.41, 5.74) is -0.945. The van der Waals surface area contributed by atoms with E-state index in [-0.39, 0.29) is 5.82 Å². The average Bonchev–Trinajstić information content (AvgIpc) is 2.52. The van der Waals surface area contributed by atoms with Gasteiger partial charge in [-0.3, -0.25) is 0 Å². The van der Waals surface area contributed by atoms with Gasteiger partial charge in [0.05, 0.1) is 11.2 Å². The van der Waals surface area contributed by atoms with E-state index in [0.717, 1.165) is 31.8 Å². The first kappa shape index (κ1) is 17.6. The molecule has 1 saturated heterocycles. The molecular formula is C15H27BF2O2. The molecule has 0 unspecified atom stereocenters. The van der Waals surface area contributed by atoms with Gasteiger partial charge in [0.25, 0.3) is 6.08 Å². The standard InChI is InChI=1S/C15H27BF2O2/c1-6-7-8-9-10-12(11-13(17)18)16-19-14(2,3)15(4,5)20-16/h11-12H,6-10H2,1-5H3/t12-/m1/s1. The zero-order valence-electron chi connectivity index (χ0n) is 13.3. The van der Waals surface area contributed by atoms with Crippen molar-refractivity contribution >= 4 is 7.12 Å². The summed E-state index contributed by atoms with van der Waals surface area (Å²) < 4.78 is 37.1. The topological polar surface area (TPSA) is 18.5 Å². The third-order valence-electron chi connectivity index (χ3n) is 4.35. The van der Waals surface area contributed by atoms with E-state index in [4.69, 9.17) is 9.31 Å². The fourth-order valence-electron chi connectivity index (χ4n) is 2.33. The van der Waals surface area contributed by atoms with Gasteiger partial charge in [-0.15, -0.1) is 0 Å². The van der Waals surface area contributed by atoms with Crippen LogP contribution in [0.2, 0.25) is 5.82 Å². The normalized spacial score (nSPS) is 21.9. The van der Waals surface area contributed by atoms with Gasteiger partial charge in [-0.25, -0.2) is 0 Å². The van der Waals surface area contributed by atoms with Crippen molar-refractivity contribution in [2.75, 3.05) is 0 Å². The molecule has 116 valence electrons. The summed E-state index contributed by atoms with van der Waals surface area (Å²) in [7, 11) is -0.580. The lowest BCUT2D eigenvalue weighted by molar-refractivity contribution is 0.00578. The first-order valence-corrected chi connectivity index (χ1v) is 7.58. The third kappa shape index (κ3) is 4.56. The first-order valence-electron chi connectivity index (χ1n) is 7.58. The van der Waals surface area contributed by atoms with Crippen molar-refractivity contribution in [2.45, 2.75) is 83.7 Å². The number of allylic oxidation sites excluding steroid dienone is 1. The van der Waals surface area contributed by atoms with Crippen LogP contribution in [0.4, 0.5) is 8.78 Å². The number of halogens is 2. The third-order valence-corrected chi connectivity index (χ3v) is 4.35. The number of hydrogen-bond donors (Lipinski definition) is 0. The summed E-state index contributed by atoms with van der Waals surface area (Å²) >= 11 is 0. The van der Waals surface area contributed by atoms with Gasteiger partial charge in [0.1, 0.15) is 0 Å². The Morgan fingerprint density at radius 1 is 1.05 bits per heavy atom. The van der Waals surface area contributed by atoms with Crippen molar-refractivity contribution < 1.29 is 18.1 Å². The van der Waals surface area contributed by atoms with Gasteiger partial charge in [0, 0.05) is 5.82 Å². The van der Waals surface area contributed by atoms with Crippen molar-refractivity contribution in [1.29, 1.82) is 0 Å². The predicted molar refractivity (Wildman–Crippen MR) is 78.9 cm³/mol. The second-order valence-corrected chi connectivity index (χ2v) is 6.59. The minimum atomic E-state index is -1.65. The van der Waals surface area contributed by atoms with Crippen LogP contribution in [0.5, 0.6) is 0 Å². The van der Waals surface area contributed by atoms with Crippen molar-refractivity contribution in [2.24, 2.45) is 0 Å². The molecule has 1 heterocycles. The fourth-order valence-corrected chi connectivity index (χ4v) is 2.33. The molecule has 0 bridgehead atoms. The monoisotopic (exact) mass is 288 g/mol. The second-order valence-electron chi connectivity index (χ2n) is 6.59. The van der Waals surface area contributed by atoms with Gasteiger partial charge in [-0.05, 0) is 40.2 Å². The molecule has 0 aliphatic carbocycles. The molecule has 1 fully saturated rings. The first-order chi connectivity index (χ1) is 9.19. The van der Waals surface area contributed by atoms with Crippen molar-refractivity contribution in [1.82, 2.24) is 0 Å². The number of unbranched alkanes of at least 4 members (excludes halogenated alkanes) is 3. The van der Waals surface area contributed by atoms with E-state index in [0.29, 0.717) is 6.42 Å². The Morgan fingerprint density at radius 2 is 1.60 bits per heavy atom. The van der Waals surface area contributed by atoms with Crippen LogP contribution in [0.15, 0.2) is 12.2 Å². The number of hydrogen-bond acceptors (Lipinski definition) is 2. The number of rotatable bonds is 7. The molecular weight excluding hydrogens is 261 g/mol. The van der Waals surface area contributed by atoms with Crippen molar-refractivity contribution in [3.05, 3.63) is 12.2 Å². The van der Waals surface area contributed by atoms with Gasteiger partial charge in [0.2, 0.25) is 0 Å². The molecule has 20 heavy (non-hydrogen) atoms. The van der Waals surface area contributed by atoms with E-state index in [1.807, 2.05) is 27.7 Å². The minimum Gasteiger partial charge on any atom is -0.403 e. The predicted octanol–water partition coefficient (Wildman–Crippen LogP) is 5.20. The summed E-state index contributed by atoms with van der Waals surface area (Å²) in [5.74, 6) is -0.377. The van der Waals surface area contributed by atoms with Crippen LogP contribution in [0.1, 0.15) is 66.7 Å². The summed E-state index contributed by atoms with van der Waals surface area (Å²) in [6, 6.07) is 0. The van der Waals surface area contributed by atoms with Crippen LogP contribution in [-0.4, -0.2) is 18.3 Å². The Balaban J connectivity index is 2.68. The zero-order chi connectivity index (χ0) is 15.4. The lowest BCUT2D eigenvalue weighted by Crippen LogP contribution is -2.41. The van der Waals surface area contributed by atoms with Crippen LogP contribution >= 0.6 is 0 Å². The Kier molecular flexibility index (Phi) is 6.20. The van der Waals surface area contributed by atoms with Crippen LogP contribution in [0, 0.1) is 0 Å². The van der Waals surface area contributed by atoms with E-state index in [2.05, 4.69) is 6.92 Å².